The Morgan fingerprint density at radius 2 is 2.11 bits per heavy atom. The molecule has 1 aliphatic heterocycles. The van der Waals surface area contributed by atoms with Gasteiger partial charge in [0, 0.05) is 6.54 Å². The summed E-state index contributed by atoms with van der Waals surface area (Å²) in [6.45, 7) is 3.41. The third-order valence-electron chi connectivity index (χ3n) is 3.23. The lowest BCUT2D eigenvalue weighted by molar-refractivity contribution is -0.170. The summed E-state index contributed by atoms with van der Waals surface area (Å²) in [4.78, 5) is 11.9. The van der Waals surface area contributed by atoms with Gasteiger partial charge in [0.15, 0.2) is 0 Å². The van der Waals surface area contributed by atoms with Crippen molar-refractivity contribution in [3.05, 3.63) is 29.8 Å². The number of aliphatic hydroxyl groups excluding tert-OH is 1. The van der Waals surface area contributed by atoms with Crippen LogP contribution >= 0.6 is 0 Å². The second kappa shape index (κ2) is 6.04. The molecule has 5 heteroatoms. The summed E-state index contributed by atoms with van der Waals surface area (Å²) in [5.41, 5.74) is 0.246. The van der Waals surface area contributed by atoms with E-state index in [0.29, 0.717) is 26.4 Å². The third-order valence-corrected chi connectivity index (χ3v) is 3.23. The molecule has 0 bridgehead atoms. The fourth-order valence-corrected chi connectivity index (χ4v) is 1.88. The Bertz CT molecular complexity index is 420. The minimum Gasteiger partial charge on any atom is -0.494 e. The van der Waals surface area contributed by atoms with Crippen molar-refractivity contribution >= 4 is 5.91 Å². The van der Waals surface area contributed by atoms with Gasteiger partial charge in [-0.3, -0.25) is 4.79 Å². The normalized spacial score (nSPS) is 16.5. The van der Waals surface area contributed by atoms with Crippen molar-refractivity contribution in [1.29, 1.82) is 0 Å². The molecule has 0 spiro atoms. The minimum atomic E-state index is -0.745. The van der Waals surface area contributed by atoms with Gasteiger partial charge >= 0.3 is 0 Å². The van der Waals surface area contributed by atoms with Crippen LogP contribution in [0.5, 0.6) is 5.75 Å². The van der Waals surface area contributed by atoms with Gasteiger partial charge in [-0.2, -0.15) is 0 Å². The molecule has 1 aliphatic rings. The van der Waals surface area contributed by atoms with Gasteiger partial charge in [0.25, 0.3) is 0 Å². The summed E-state index contributed by atoms with van der Waals surface area (Å²) in [7, 11) is 0. The SMILES string of the molecule is CCOc1ccc(CNC(=O)C2(CO)COC2)cc1. The molecule has 2 rings (SSSR count). The molecular formula is C14H19NO4. The molecular weight excluding hydrogens is 246 g/mol. The highest BCUT2D eigenvalue weighted by Crippen LogP contribution is 2.27. The van der Waals surface area contributed by atoms with Gasteiger partial charge in [0.1, 0.15) is 11.2 Å². The van der Waals surface area contributed by atoms with Crippen LogP contribution in [-0.4, -0.2) is 37.4 Å². The number of ether oxygens (including phenoxy) is 2. The first kappa shape index (κ1) is 13.8. The van der Waals surface area contributed by atoms with Crippen molar-refractivity contribution in [2.75, 3.05) is 26.4 Å². The lowest BCUT2D eigenvalue weighted by Gasteiger charge is -2.38. The number of carbonyl (C=O) groups excluding carboxylic acids is 1. The molecule has 0 aliphatic carbocycles. The van der Waals surface area contributed by atoms with Crippen LogP contribution in [0, 0.1) is 5.41 Å². The first-order chi connectivity index (χ1) is 9.20. The Balaban J connectivity index is 1.86. The molecule has 2 N–H and O–H groups in total. The van der Waals surface area contributed by atoms with Crippen LogP contribution in [0.4, 0.5) is 0 Å². The number of benzene rings is 1. The minimum absolute atomic E-state index is 0.157. The van der Waals surface area contributed by atoms with E-state index in [-0.39, 0.29) is 12.5 Å². The largest absolute Gasteiger partial charge is 0.494 e. The molecule has 1 aromatic rings. The van der Waals surface area contributed by atoms with Gasteiger partial charge in [0.05, 0.1) is 26.4 Å². The highest BCUT2D eigenvalue weighted by atomic mass is 16.5. The zero-order valence-electron chi connectivity index (χ0n) is 11.0. The maximum atomic E-state index is 11.9. The van der Waals surface area contributed by atoms with Crippen LogP contribution < -0.4 is 10.1 Å². The highest BCUT2D eigenvalue weighted by Gasteiger charge is 2.45. The third kappa shape index (κ3) is 3.05. The molecule has 1 aromatic carbocycles. The smallest absolute Gasteiger partial charge is 0.233 e. The van der Waals surface area contributed by atoms with Gasteiger partial charge in [-0.15, -0.1) is 0 Å². The van der Waals surface area contributed by atoms with E-state index in [4.69, 9.17) is 9.47 Å². The summed E-state index contributed by atoms with van der Waals surface area (Å²) in [5.74, 6) is 0.659. The van der Waals surface area contributed by atoms with Crippen molar-refractivity contribution in [2.24, 2.45) is 5.41 Å². The predicted octanol–water partition coefficient (Wildman–Crippen LogP) is 0.710. The van der Waals surface area contributed by atoms with Crippen molar-refractivity contribution in [2.45, 2.75) is 13.5 Å². The van der Waals surface area contributed by atoms with Crippen LogP contribution in [0.3, 0.4) is 0 Å². The van der Waals surface area contributed by atoms with Crippen LogP contribution in [0.25, 0.3) is 0 Å². The number of aliphatic hydroxyl groups is 1. The molecule has 1 heterocycles. The highest BCUT2D eigenvalue weighted by molar-refractivity contribution is 5.83. The first-order valence-electron chi connectivity index (χ1n) is 6.39. The molecule has 1 saturated heterocycles. The van der Waals surface area contributed by atoms with E-state index in [1.165, 1.54) is 0 Å². The fourth-order valence-electron chi connectivity index (χ4n) is 1.88. The quantitative estimate of drug-likeness (QED) is 0.795. The number of carbonyl (C=O) groups is 1. The van der Waals surface area contributed by atoms with Crippen LogP contribution in [0.1, 0.15) is 12.5 Å². The predicted molar refractivity (Wildman–Crippen MR) is 69.8 cm³/mol. The van der Waals surface area contributed by atoms with Crippen molar-refractivity contribution < 1.29 is 19.4 Å². The van der Waals surface area contributed by atoms with E-state index in [1.807, 2.05) is 31.2 Å². The van der Waals surface area contributed by atoms with E-state index in [2.05, 4.69) is 5.32 Å². The first-order valence-corrected chi connectivity index (χ1v) is 6.39. The van der Waals surface area contributed by atoms with Crippen molar-refractivity contribution in [3.63, 3.8) is 0 Å². The Hall–Kier alpha value is -1.59. The van der Waals surface area contributed by atoms with Crippen molar-refractivity contribution in [1.82, 2.24) is 5.32 Å². The number of nitrogens with one attached hydrogen (secondary N) is 1. The lowest BCUT2D eigenvalue weighted by atomic mass is 9.86. The van der Waals surface area contributed by atoms with E-state index >= 15 is 0 Å². The second-order valence-electron chi connectivity index (χ2n) is 4.69. The zero-order valence-corrected chi connectivity index (χ0v) is 11.0. The number of rotatable bonds is 6. The molecule has 104 valence electrons. The molecule has 1 fully saturated rings. The lowest BCUT2D eigenvalue weighted by Crippen LogP contribution is -2.56. The maximum absolute atomic E-state index is 11.9. The molecule has 5 nitrogen and oxygen atoms in total. The molecule has 0 unspecified atom stereocenters. The van der Waals surface area contributed by atoms with E-state index in [9.17, 15) is 9.90 Å². The van der Waals surface area contributed by atoms with E-state index in [0.717, 1.165) is 11.3 Å². The zero-order chi connectivity index (χ0) is 13.7. The second-order valence-corrected chi connectivity index (χ2v) is 4.69. The molecule has 0 atom stereocenters. The molecule has 19 heavy (non-hydrogen) atoms. The molecule has 0 aromatic heterocycles. The molecule has 0 saturated carbocycles. The van der Waals surface area contributed by atoms with E-state index in [1.54, 1.807) is 0 Å². The Kier molecular flexibility index (Phi) is 4.39. The Labute approximate surface area is 112 Å². The Morgan fingerprint density at radius 1 is 1.42 bits per heavy atom. The van der Waals surface area contributed by atoms with Gasteiger partial charge in [-0.1, -0.05) is 12.1 Å². The van der Waals surface area contributed by atoms with E-state index < -0.39 is 5.41 Å². The van der Waals surface area contributed by atoms with Crippen molar-refractivity contribution in [3.8, 4) is 5.75 Å². The fraction of sp³-hybridized carbons (Fsp3) is 0.500. The maximum Gasteiger partial charge on any atom is 0.233 e. The molecule has 1 amide bonds. The summed E-state index contributed by atoms with van der Waals surface area (Å²) < 4.78 is 10.4. The number of amides is 1. The molecule has 0 radical (unpaired) electrons. The standard InChI is InChI=1S/C14H19NO4/c1-2-19-12-5-3-11(4-6-12)7-15-13(17)14(8-16)9-18-10-14/h3-6,16H,2,7-10H2,1H3,(H,15,17). The summed E-state index contributed by atoms with van der Waals surface area (Å²) in [6.07, 6.45) is 0. The van der Waals surface area contributed by atoms with Gasteiger partial charge < -0.3 is 19.9 Å². The topological polar surface area (TPSA) is 67.8 Å². The number of hydrogen-bond donors (Lipinski definition) is 2. The van der Waals surface area contributed by atoms with Gasteiger partial charge in [-0.05, 0) is 24.6 Å². The monoisotopic (exact) mass is 265 g/mol. The Morgan fingerprint density at radius 3 is 2.58 bits per heavy atom. The number of hydrogen-bond acceptors (Lipinski definition) is 4. The van der Waals surface area contributed by atoms with Gasteiger partial charge in [-0.25, -0.2) is 0 Å². The average molecular weight is 265 g/mol. The summed E-state index contributed by atoms with van der Waals surface area (Å²) in [6, 6.07) is 7.57. The van der Waals surface area contributed by atoms with Gasteiger partial charge in [0.2, 0.25) is 5.91 Å². The summed E-state index contributed by atoms with van der Waals surface area (Å²) in [5, 5.41) is 12.1. The average Bonchev–Trinajstić information content (AvgIpc) is 2.38. The van der Waals surface area contributed by atoms with Crippen LogP contribution in [0.2, 0.25) is 0 Å². The summed E-state index contributed by atoms with van der Waals surface area (Å²) >= 11 is 0. The van der Waals surface area contributed by atoms with Crippen LogP contribution in [0.15, 0.2) is 24.3 Å². The van der Waals surface area contributed by atoms with Crippen LogP contribution in [-0.2, 0) is 16.1 Å².